The molecule has 0 aliphatic carbocycles. The number of hydrogen-bond acceptors (Lipinski definition) is 6. The van der Waals surface area contributed by atoms with E-state index in [0.29, 0.717) is 19.6 Å². The molecule has 1 atom stereocenters. The Morgan fingerprint density at radius 2 is 2.53 bits per heavy atom. The molecular formula is C7H15N5O3. The highest BCUT2D eigenvalue weighted by Crippen LogP contribution is 2.08. The first kappa shape index (κ1) is 11.8. The molecule has 3 N–H and O–H groups in total. The van der Waals surface area contributed by atoms with Gasteiger partial charge in [0.15, 0.2) is 0 Å². The molecule has 0 spiro atoms. The Bertz CT molecular complexity index is 237. The van der Waals surface area contributed by atoms with Gasteiger partial charge in [0.25, 0.3) is 0 Å². The molecule has 1 aliphatic rings. The molecule has 0 radical (unpaired) electrons. The number of primary amides is 1. The van der Waals surface area contributed by atoms with Crippen molar-refractivity contribution in [3.8, 4) is 0 Å². The van der Waals surface area contributed by atoms with Crippen molar-refractivity contribution in [1.82, 2.24) is 15.4 Å². The summed E-state index contributed by atoms with van der Waals surface area (Å²) in [5.41, 5.74) is 5.00. The summed E-state index contributed by atoms with van der Waals surface area (Å²) in [5, 5.41) is 8.42. The molecule has 0 aromatic carbocycles. The van der Waals surface area contributed by atoms with Crippen LogP contribution in [0.1, 0.15) is 0 Å². The molecule has 1 rings (SSSR count). The maximum atomic E-state index is 10.7. The van der Waals surface area contributed by atoms with Crippen LogP contribution in [0.5, 0.6) is 0 Å². The van der Waals surface area contributed by atoms with E-state index in [9.17, 15) is 9.70 Å². The second kappa shape index (κ2) is 5.59. The van der Waals surface area contributed by atoms with Crippen molar-refractivity contribution in [3.63, 3.8) is 0 Å². The van der Waals surface area contributed by atoms with Crippen LogP contribution in [-0.4, -0.2) is 55.6 Å². The number of carbonyl (C=O) groups is 1. The lowest BCUT2D eigenvalue weighted by atomic mass is 10.4. The second-order valence-electron chi connectivity index (χ2n) is 3.14. The van der Waals surface area contributed by atoms with E-state index in [4.69, 9.17) is 10.5 Å². The monoisotopic (exact) mass is 217 g/mol. The molecular weight excluding hydrogens is 202 g/mol. The van der Waals surface area contributed by atoms with Crippen molar-refractivity contribution < 1.29 is 9.53 Å². The van der Waals surface area contributed by atoms with Gasteiger partial charge in [-0.2, -0.15) is 10.1 Å². The van der Waals surface area contributed by atoms with Gasteiger partial charge in [0, 0.05) is 26.7 Å². The van der Waals surface area contributed by atoms with Crippen molar-refractivity contribution in [3.05, 3.63) is 4.91 Å². The topological polar surface area (TPSA) is 100 Å². The SMILES string of the molecule is COC1CNCCN1N(CC(N)=O)N=O. The van der Waals surface area contributed by atoms with E-state index >= 15 is 0 Å². The van der Waals surface area contributed by atoms with Gasteiger partial charge in [0.2, 0.25) is 5.91 Å². The van der Waals surface area contributed by atoms with Crippen molar-refractivity contribution in [2.24, 2.45) is 11.0 Å². The molecule has 0 aromatic rings. The van der Waals surface area contributed by atoms with Crippen molar-refractivity contribution >= 4 is 5.91 Å². The van der Waals surface area contributed by atoms with Gasteiger partial charge in [-0.3, -0.25) is 4.79 Å². The number of rotatable bonds is 5. The number of carbonyl (C=O) groups excluding carboxylic acids is 1. The van der Waals surface area contributed by atoms with Crippen LogP contribution in [0.3, 0.4) is 0 Å². The average Bonchev–Trinajstić information content (AvgIpc) is 2.25. The number of nitrogens with one attached hydrogen (secondary N) is 1. The van der Waals surface area contributed by atoms with E-state index in [0.717, 1.165) is 5.12 Å². The van der Waals surface area contributed by atoms with Gasteiger partial charge in [0.1, 0.15) is 12.8 Å². The number of nitrogens with zero attached hydrogens (tertiary/aromatic N) is 3. The highest BCUT2D eigenvalue weighted by atomic mass is 16.5. The number of amides is 1. The molecule has 86 valence electrons. The smallest absolute Gasteiger partial charge is 0.240 e. The van der Waals surface area contributed by atoms with Gasteiger partial charge in [-0.25, -0.2) is 0 Å². The molecule has 1 unspecified atom stereocenters. The van der Waals surface area contributed by atoms with Crippen LogP contribution in [0.15, 0.2) is 5.29 Å². The van der Waals surface area contributed by atoms with Crippen LogP contribution in [-0.2, 0) is 9.53 Å². The summed E-state index contributed by atoms with van der Waals surface area (Å²) in [6.45, 7) is 1.58. The zero-order valence-corrected chi connectivity index (χ0v) is 8.55. The first-order valence-electron chi connectivity index (χ1n) is 4.58. The average molecular weight is 217 g/mol. The Morgan fingerprint density at radius 3 is 3.07 bits per heavy atom. The Hall–Kier alpha value is -1.25. The third-order valence-electron chi connectivity index (χ3n) is 2.13. The van der Waals surface area contributed by atoms with Crippen molar-refractivity contribution in [2.75, 3.05) is 33.3 Å². The summed E-state index contributed by atoms with van der Waals surface area (Å²) in [4.78, 5) is 21.3. The second-order valence-corrected chi connectivity index (χ2v) is 3.14. The fraction of sp³-hybridized carbons (Fsp3) is 0.857. The maximum Gasteiger partial charge on any atom is 0.240 e. The molecule has 1 aliphatic heterocycles. The minimum Gasteiger partial charge on any atom is -0.368 e. The fourth-order valence-electron chi connectivity index (χ4n) is 1.44. The Balaban J connectivity index is 2.62. The first-order valence-corrected chi connectivity index (χ1v) is 4.58. The molecule has 8 nitrogen and oxygen atoms in total. The van der Waals surface area contributed by atoms with E-state index in [1.165, 1.54) is 7.11 Å². The Morgan fingerprint density at radius 1 is 1.80 bits per heavy atom. The van der Waals surface area contributed by atoms with Crippen LogP contribution in [0.2, 0.25) is 0 Å². The summed E-state index contributed by atoms with van der Waals surface area (Å²) < 4.78 is 5.14. The van der Waals surface area contributed by atoms with E-state index < -0.39 is 5.91 Å². The summed E-state index contributed by atoms with van der Waals surface area (Å²) >= 11 is 0. The van der Waals surface area contributed by atoms with Crippen LogP contribution in [0.25, 0.3) is 0 Å². The third kappa shape index (κ3) is 3.11. The number of piperazine rings is 1. The molecule has 15 heavy (non-hydrogen) atoms. The zero-order valence-electron chi connectivity index (χ0n) is 8.55. The summed E-state index contributed by atoms with van der Waals surface area (Å²) in [5.74, 6) is -0.608. The Kier molecular flexibility index (Phi) is 4.40. The predicted molar refractivity (Wildman–Crippen MR) is 52.1 cm³/mol. The van der Waals surface area contributed by atoms with E-state index in [-0.39, 0.29) is 12.8 Å². The highest BCUT2D eigenvalue weighted by molar-refractivity contribution is 5.75. The summed E-state index contributed by atoms with van der Waals surface area (Å²) in [6, 6.07) is 0. The standard InChI is InChI=1S/C7H15N5O3/c1-15-7-4-9-2-3-11(7)12(10-14)5-6(8)13/h7,9H,2-5H2,1H3,(H2,8,13). The van der Waals surface area contributed by atoms with Crippen LogP contribution >= 0.6 is 0 Å². The normalized spacial score (nSPS) is 22.3. The van der Waals surface area contributed by atoms with Crippen LogP contribution in [0.4, 0.5) is 0 Å². The van der Waals surface area contributed by atoms with Gasteiger partial charge in [0.05, 0.1) is 5.29 Å². The molecule has 1 heterocycles. The van der Waals surface area contributed by atoms with Crippen LogP contribution in [0, 0.1) is 4.91 Å². The number of hydrazine groups is 1. The quantitative estimate of drug-likeness (QED) is 0.418. The largest absolute Gasteiger partial charge is 0.368 e. The minimum absolute atomic E-state index is 0.233. The van der Waals surface area contributed by atoms with Crippen molar-refractivity contribution in [1.29, 1.82) is 0 Å². The van der Waals surface area contributed by atoms with E-state index in [1.54, 1.807) is 5.01 Å². The van der Waals surface area contributed by atoms with Gasteiger partial charge < -0.3 is 15.8 Å². The lowest BCUT2D eigenvalue weighted by molar-refractivity contribution is -0.168. The van der Waals surface area contributed by atoms with Gasteiger partial charge >= 0.3 is 0 Å². The Labute approximate surface area is 87.2 Å². The summed E-state index contributed by atoms with van der Waals surface area (Å²) in [6.07, 6.45) is -0.309. The van der Waals surface area contributed by atoms with E-state index in [2.05, 4.69) is 10.6 Å². The van der Waals surface area contributed by atoms with E-state index in [1.807, 2.05) is 0 Å². The van der Waals surface area contributed by atoms with Gasteiger partial charge in [-0.05, 0) is 0 Å². The third-order valence-corrected chi connectivity index (χ3v) is 2.13. The number of methoxy groups -OCH3 is 1. The lowest BCUT2D eigenvalue weighted by Crippen LogP contribution is -2.58. The molecule has 8 heteroatoms. The van der Waals surface area contributed by atoms with Gasteiger partial charge in [-0.1, -0.05) is 0 Å². The van der Waals surface area contributed by atoms with Crippen LogP contribution < -0.4 is 11.1 Å². The first-order chi connectivity index (χ1) is 7.19. The number of nitroso groups, excluding NO2 is 1. The van der Waals surface area contributed by atoms with Gasteiger partial charge in [-0.15, -0.1) is 4.91 Å². The molecule has 0 bridgehead atoms. The number of nitrogens with two attached hydrogens (primary N) is 1. The van der Waals surface area contributed by atoms with Crippen molar-refractivity contribution in [2.45, 2.75) is 6.23 Å². The fourth-order valence-corrected chi connectivity index (χ4v) is 1.44. The summed E-state index contributed by atoms with van der Waals surface area (Å²) in [7, 11) is 1.53. The number of ether oxygens (including phenoxy) is 1. The minimum atomic E-state index is -0.608. The molecule has 0 aromatic heterocycles. The zero-order chi connectivity index (χ0) is 11.3. The predicted octanol–water partition coefficient (Wildman–Crippen LogP) is -1.75. The number of hydrogen-bond donors (Lipinski definition) is 2. The molecule has 0 saturated carbocycles. The lowest BCUT2D eigenvalue weighted by Gasteiger charge is -2.38. The molecule has 1 amide bonds. The molecule has 1 fully saturated rings. The maximum absolute atomic E-state index is 10.7. The highest BCUT2D eigenvalue weighted by Gasteiger charge is 2.28. The molecule has 1 saturated heterocycles.